The Hall–Kier alpha value is -0.990. The molecule has 1 aliphatic rings. The third kappa shape index (κ3) is 1.50. The van der Waals surface area contributed by atoms with Crippen molar-refractivity contribution in [3.8, 4) is 17.9 Å². The highest BCUT2D eigenvalue weighted by molar-refractivity contribution is 5.24. The van der Waals surface area contributed by atoms with Gasteiger partial charge in [0.05, 0.1) is 0 Å². The molecule has 1 N–H and O–H groups in total. The quantitative estimate of drug-likeness (QED) is 0.500. The summed E-state index contributed by atoms with van der Waals surface area (Å²) < 4.78 is 0. The van der Waals surface area contributed by atoms with Gasteiger partial charge in [0, 0.05) is 5.92 Å². The highest BCUT2D eigenvalue weighted by atomic mass is 16.3. The van der Waals surface area contributed by atoms with Crippen molar-refractivity contribution in [2.24, 2.45) is 0 Å². The minimum Gasteiger partial charge on any atom is -0.378 e. The number of aliphatic hydroxyl groups is 1. The zero-order valence-electron chi connectivity index (χ0n) is 5.72. The number of hydrogen-bond donors (Lipinski definition) is 1. The molecule has 0 radical (unpaired) electrons. The third-order valence-electron chi connectivity index (χ3n) is 1.78. The molecule has 0 aromatic carbocycles. The molecule has 1 rings (SSSR count). The van der Waals surface area contributed by atoms with E-state index in [1.165, 1.54) is 0 Å². The summed E-state index contributed by atoms with van der Waals surface area (Å²) in [5.74, 6) is 4.79. The summed E-state index contributed by atoms with van der Waals surface area (Å²) in [7, 11) is 0. The molecule has 0 saturated heterocycles. The lowest BCUT2D eigenvalue weighted by Crippen LogP contribution is -2.20. The van der Waals surface area contributed by atoms with E-state index in [4.69, 9.17) is 5.26 Å². The molecule has 0 spiro atoms. The van der Waals surface area contributed by atoms with Gasteiger partial charge in [0.2, 0.25) is 0 Å². The van der Waals surface area contributed by atoms with Crippen LogP contribution in [0.15, 0.2) is 0 Å². The maximum absolute atomic E-state index is 9.50. The molecule has 1 saturated carbocycles. The first-order valence-electron chi connectivity index (χ1n) is 3.40. The van der Waals surface area contributed by atoms with E-state index in [2.05, 4.69) is 11.8 Å². The summed E-state index contributed by atoms with van der Waals surface area (Å²) in [5, 5.41) is 17.6. The Labute approximate surface area is 60.5 Å². The molecular weight excluding hydrogens is 126 g/mol. The molecule has 0 aliphatic heterocycles. The van der Waals surface area contributed by atoms with Crippen LogP contribution in [0.3, 0.4) is 0 Å². The molecule has 0 amide bonds. The molecule has 0 unspecified atom stereocenters. The zero-order valence-corrected chi connectivity index (χ0v) is 5.72. The molecule has 0 aromatic rings. The Morgan fingerprint density at radius 3 is 2.40 bits per heavy atom. The van der Waals surface area contributed by atoms with Gasteiger partial charge in [-0.05, 0) is 25.7 Å². The number of nitriles is 1. The van der Waals surface area contributed by atoms with Gasteiger partial charge in [-0.1, -0.05) is 5.92 Å². The second-order valence-electron chi connectivity index (χ2n) is 2.60. The van der Waals surface area contributed by atoms with Gasteiger partial charge in [-0.15, -0.1) is 0 Å². The van der Waals surface area contributed by atoms with Crippen molar-refractivity contribution in [2.75, 3.05) is 0 Å². The van der Waals surface area contributed by atoms with Gasteiger partial charge >= 0.3 is 0 Å². The predicted octanol–water partition coefficient (Wildman–Crippen LogP) is 0.818. The van der Waals surface area contributed by atoms with Gasteiger partial charge < -0.3 is 5.11 Å². The minimum absolute atomic E-state index is 0.724. The summed E-state index contributed by atoms with van der Waals surface area (Å²) in [5.41, 5.74) is -0.838. The van der Waals surface area contributed by atoms with Crippen molar-refractivity contribution in [2.45, 2.75) is 31.3 Å². The second-order valence-corrected chi connectivity index (χ2v) is 2.60. The summed E-state index contributed by atoms with van der Waals surface area (Å²) in [6, 6.07) is 1.70. The van der Waals surface area contributed by atoms with E-state index in [9.17, 15) is 5.11 Å². The Morgan fingerprint density at radius 1 is 1.30 bits per heavy atom. The van der Waals surface area contributed by atoms with Gasteiger partial charge in [-0.25, -0.2) is 0 Å². The first kappa shape index (κ1) is 7.12. The highest BCUT2D eigenvalue weighted by Crippen LogP contribution is 2.28. The number of nitrogens with zero attached hydrogens (tertiary/aromatic N) is 1. The molecule has 10 heavy (non-hydrogen) atoms. The predicted molar refractivity (Wildman–Crippen MR) is 36.8 cm³/mol. The SMILES string of the molecule is N#CC#CC1(O)CCCC1. The topological polar surface area (TPSA) is 44.0 Å². The van der Waals surface area contributed by atoms with Gasteiger partial charge in [0.15, 0.2) is 6.07 Å². The van der Waals surface area contributed by atoms with Gasteiger partial charge in [-0.2, -0.15) is 5.26 Å². The van der Waals surface area contributed by atoms with Crippen LogP contribution in [0.2, 0.25) is 0 Å². The van der Waals surface area contributed by atoms with Crippen LogP contribution in [0.5, 0.6) is 0 Å². The van der Waals surface area contributed by atoms with Crippen molar-refractivity contribution in [3.05, 3.63) is 0 Å². The van der Waals surface area contributed by atoms with Crippen LogP contribution < -0.4 is 0 Å². The van der Waals surface area contributed by atoms with Crippen molar-refractivity contribution < 1.29 is 5.11 Å². The molecule has 0 heterocycles. The third-order valence-corrected chi connectivity index (χ3v) is 1.78. The van der Waals surface area contributed by atoms with E-state index in [-0.39, 0.29) is 0 Å². The normalized spacial score (nSPS) is 20.8. The minimum atomic E-state index is -0.838. The van der Waals surface area contributed by atoms with E-state index in [0.29, 0.717) is 0 Å². The fourth-order valence-corrected chi connectivity index (χ4v) is 1.23. The van der Waals surface area contributed by atoms with Gasteiger partial charge in [-0.3, -0.25) is 0 Å². The Balaban J connectivity index is 2.61. The summed E-state index contributed by atoms with van der Waals surface area (Å²) in [6.07, 6.45) is 3.50. The van der Waals surface area contributed by atoms with Crippen molar-refractivity contribution in [3.63, 3.8) is 0 Å². The first-order valence-corrected chi connectivity index (χ1v) is 3.40. The second kappa shape index (κ2) is 2.73. The maximum Gasteiger partial charge on any atom is 0.152 e. The average Bonchev–Trinajstić information content (AvgIpc) is 2.33. The molecular formula is C8H9NO. The van der Waals surface area contributed by atoms with E-state index in [1.54, 1.807) is 6.07 Å². The van der Waals surface area contributed by atoms with Crippen LogP contribution in [0.25, 0.3) is 0 Å². The number of hydrogen-bond acceptors (Lipinski definition) is 2. The summed E-state index contributed by atoms with van der Waals surface area (Å²) >= 11 is 0. The van der Waals surface area contributed by atoms with Crippen LogP contribution in [0.1, 0.15) is 25.7 Å². The van der Waals surface area contributed by atoms with Gasteiger partial charge in [0.1, 0.15) is 5.60 Å². The molecule has 52 valence electrons. The number of rotatable bonds is 0. The van der Waals surface area contributed by atoms with Gasteiger partial charge in [0.25, 0.3) is 0 Å². The average molecular weight is 135 g/mol. The lowest BCUT2D eigenvalue weighted by molar-refractivity contribution is 0.110. The Morgan fingerprint density at radius 2 is 1.90 bits per heavy atom. The van der Waals surface area contributed by atoms with E-state index < -0.39 is 5.60 Å². The van der Waals surface area contributed by atoms with Crippen molar-refractivity contribution >= 4 is 0 Å². The summed E-state index contributed by atoms with van der Waals surface area (Å²) in [4.78, 5) is 0. The molecule has 1 fully saturated rings. The molecule has 2 nitrogen and oxygen atoms in total. The zero-order chi connectivity index (χ0) is 7.45. The molecule has 0 atom stereocenters. The van der Waals surface area contributed by atoms with Crippen molar-refractivity contribution in [1.82, 2.24) is 0 Å². The van der Waals surface area contributed by atoms with Crippen LogP contribution in [0.4, 0.5) is 0 Å². The van der Waals surface area contributed by atoms with Crippen molar-refractivity contribution in [1.29, 1.82) is 5.26 Å². The first-order chi connectivity index (χ1) is 4.77. The Bertz CT molecular complexity index is 210. The van der Waals surface area contributed by atoms with Crippen LogP contribution in [-0.4, -0.2) is 10.7 Å². The smallest absolute Gasteiger partial charge is 0.152 e. The van der Waals surface area contributed by atoms with E-state index in [0.717, 1.165) is 25.7 Å². The van der Waals surface area contributed by atoms with E-state index >= 15 is 0 Å². The molecule has 0 aromatic heterocycles. The Kier molecular flexibility index (Phi) is 1.94. The van der Waals surface area contributed by atoms with Crippen LogP contribution in [-0.2, 0) is 0 Å². The maximum atomic E-state index is 9.50. The van der Waals surface area contributed by atoms with E-state index in [1.807, 2.05) is 0 Å². The lowest BCUT2D eigenvalue weighted by Gasteiger charge is -2.11. The fraction of sp³-hybridized carbons (Fsp3) is 0.625. The summed E-state index contributed by atoms with van der Waals surface area (Å²) in [6.45, 7) is 0. The largest absolute Gasteiger partial charge is 0.378 e. The molecule has 2 heteroatoms. The lowest BCUT2D eigenvalue weighted by atomic mass is 10.0. The monoisotopic (exact) mass is 135 g/mol. The molecule has 0 bridgehead atoms. The van der Waals surface area contributed by atoms with Crippen LogP contribution in [0, 0.1) is 23.2 Å². The standard InChI is InChI=1S/C8H9NO/c9-7-3-6-8(10)4-1-2-5-8/h10H,1-2,4-5H2. The fourth-order valence-electron chi connectivity index (χ4n) is 1.23. The molecule has 1 aliphatic carbocycles. The van der Waals surface area contributed by atoms with Crippen LogP contribution >= 0.6 is 0 Å². The highest BCUT2D eigenvalue weighted by Gasteiger charge is 2.28.